The zero-order valence-corrected chi connectivity index (χ0v) is 10.0. The minimum absolute atomic E-state index is 0.00185. The van der Waals surface area contributed by atoms with Gasteiger partial charge in [-0.1, -0.05) is 11.8 Å². The van der Waals surface area contributed by atoms with E-state index in [1.807, 2.05) is 7.05 Å². The van der Waals surface area contributed by atoms with Crippen molar-refractivity contribution in [3.63, 3.8) is 0 Å². The van der Waals surface area contributed by atoms with E-state index in [0.717, 1.165) is 0 Å². The van der Waals surface area contributed by atoms with Crippen LogP contribution in [0.15, 0.2) is 35.7 Å². The van der Waals surface area contributed by atoms with Gasteiger partial charge in [-0.15, -0.1) is 10.2 Å². The summed E-state index contributed by atoms with van der Waals surface area (Å²) >= 11 is 1.34. The lowest BCUT2D eigenvalue weighted by Crippen LogP contribution is -2.03. The highest BCUT2D eigenvalue weighted by atomic mass is 32.2. The number of nitrogens with zero attached hydrogens (tertiary/aromatic N) is 3. The number of hydrogen-bond acceptors (Lipinski definition) is 5. The van der Waals surface area contributed by atoms with Gasteiger partial charge in [-0.3, -0.25) is 4.79 Å². The molecule has 0 atom stereocenters. The lowest BCUT2D eigenvalue weighted by atomic mass is 10.1. The van der Waals surface area contributed by atoms with Gasteiger partial charge in [0.25, 0.3) is 0 Å². The number of aryl methyl sites for hydroxylation is 1. The molecular weight excluding hydrogens is 238 g/mol. The fourth-order valence-corrected chi connectivity index (χ4v) is 2.05. The summed E-state index contributed by atoms with van der Waals surface area (Å²) in [5.41, 5.74) is 0.581. The Morgan fingerprint density at radius 2 is 2.12 bits per heavy atom. The average molecular weight is 249 g/mol. The molecule has 0 unspecified atom stereocenters. The first-order valence-electron chi connectivity index (χ1n) is 4.96. The second-order valence-corrected chi connectivity index (χ2v) is 4.43. The van der Waals surface area contributed by atoms with E-state index in [9.17, 15) is 4.79 Å². The summed E-state index contributed by atoms with van der Waals surface area (Å²) in [5.74, 6) is 0.456. The summed E-state index contributed by atoms with van der Waals surface area (Å²) in [6, 6.07) is 6.21. The van der Waals surface area contributed by atoms with E-state index in [4.69, 9.17) is 5.11 Å². The maximum Gasteiger partial charge on any atom is 0.191 e. The largest absolute Gasteiger partial charge is 0.508 e. The highest BCUT2D eigenvalue weighted by Crippen LogP contribution is 2.17. The summed E-state index contributed by atoms with van der Waals surface area (Å²) in [4.78, 5) is 11.8. The monoisotopic (exact) mass is 249 g/mol. The number of hydrogen-bond donors (Lipinski definition) is 1. The summed E-state index contributed by atoms with van der Waals surface area (Å²) in [5, 5.41) is 17.4. The van der Waals surface area contributed by atoms with Gasteiger partial charge in [0, 0.05) is 12.6 Å². The normalized spacial score (nSPS) is 10.4. The Labute approximate surface area is 102 Å². The van der Waals surface area contributed by atoms with Crippen LogP contribution in [0.5, 0.6) is 5.75 Å². The molecule has 0 spiro atoms. The summed E-state index contributed by atoms with van der Waals surface area (Å²) < 4.78 is 1.76. The quantitative estimate of drug-likeness (QED) is 0.657. The minimum Gasteiger partial charge on any atom is -0.508 e. The first-order valence-corrected chi connectivity index (χ1v) is 5.94. The summed E-state index contributed by atoms with van der Waals surface area (Å²) in [7, 11) is 1.83. The van der Waals surface area contributed by atoms with Crippen molar-refractivity contribution in [2.75, 3.05) is 5.75 Å². The highest BCUT2D eigenvalue weighted by Gasteiger charge is 2.09. The second-order valence-electron chi connectivity index (χ2n) is 3.48. The van der Waals surface area contributed by atoms with Crippen LogP contribution >= 0.6 is 11.8 Å². The molecule has 17 heavy (non-hydrogen) atoms. The number of carbonyl (C=O) groups is 1. The van der Waals surface area contributed by atoms with E-state index in [-0.39, 0.29) is 11.5 Å². The van der Waals surface area contributed by atoms with E-state index in [0.29, 0.717) is 16.5 Å². The Morgan fingerprint density at radius 3 is 2.71 bits per heavy atom. The first kappa shape index (κ1) is 11.7. The van der Waals surface area contributed by atoms with Crippen LogP contribution in [-0.2, 0) is 7.05 Å². The second kappa shape index (κ2) is 5.01. The van der Waals surface area contributed by atoms with Crippen LogP contribution in [0.2, 0.25) is 0 Å². The molecule has 88 valence electrons. The Bertz CT molecular complexity index is 522. The molecule has 2 aromatic rings. The zero-order chi connectivity index (χ0) is 12.3. The van der Waals surface area contributed by atoms with Crippen LogP contribution in [0, 0.1) is 0 Å². The fourth-order valence-electron chi connectivity index (χ4n) is 1.26. The number of aromatic hydroxyl groups is 1. The molecule has 1 heterocycles. The topological polar surface area (TPSA) is 68.0 Å². The van der Waals surface area contributed by atoms with Gasteiger partial charge in [0.2, 0.25) is 0 Å². The van der Waals surface area contributed by atoms with Crippen LogP contribution in [0.4, 0.5) is 0 Å². The van der Waals surface area contributed by atoms with Crippen molar-refractivity contribution in [2.24, 2.45) is 7.05 Å². The highest BCUT2D eigenvalue weighted by molar-refractivity contribution is 7.99. The molecule has 0 aliphatic rings. The Morgan fingerprint density at radius 1 is 1.41 bits per heavy atom. The van der Waals surface area contributed by atoms with Gasteiger partial charge in [-0.25, -0.2) is 0 Å². The number of Topliss-reactive ketones (excluding diaryl/α,β-unsaturated/α-hetero) is 1. The van der Waals surface area contributed by atoms with Crippen molar-refractivity contribution in [3.05, 3.63) is 36.2 Å². The first-order chi connectivity index (χ1) is 8.16. The van der Waals surface area contributed by atoms with Crippen molar-refractivity contribution < 1.29 is 9.90 Å². The van der Waals surface area contributed by atoms with E-state index in [1.165, 1.54) is 23.9 Å². The third-order valence-electron chi connectivity index (χ3n) is 2.19. The maximum atomic E-state index is 11.8. The molecule has 0 fully saturated rings. The number of carbonyl (C=O) groups excluding carboxylic acids is 1. The standard InChI is InChI=1S/C11H11N3O2S/c1-14-7-12-13-11(14)17-6-10(16)8-2-4-9(15)5-3-8/h2-5,7,15H,6H2,1H3. The van der Waals surface area contributed by atoms with Crippen molar-refractivity contribution in [2.45, 2.75) is 5.16 Å². The molecule has 0 aliphatic heterocycles. The Hall–Kier alpha value is -1.82. The van der Waals surface area contributed by atoms with E-state index in [1.54, 1.807) is 23.0 Å². The van der Waals surface area contributed by atoms with Gasteiger partial charge in [0.1, 0.15) is 12.1 Å². The van der Waals surface area contributed by atoms with Gasteiger partial charge >= 0.3 is 0 Å². The summed E-state index contributed by atoms with van der Waals surface area (Å²) in [6.07, 6.45) is 1.59. The van der Waals surface area contributed by atoms with Crippen LogP contribution in [-0.4, -0.2) is 31.4 Å². The number of thioether (sulfide) groups is 1. The van der Waals surface area contributed by atoms with Crippen LogP contribution < -0.4 is 0 Å². The number of aromatic nitrogens is 3. The number of benzene rings is 1. The predicted octanol–water partition coefficient (Wildman–Crippen LogP) is 1.50. The molecule has 0 aliphatic carbocycles. The van der Waals surface area contributed by atoms with Crippen molar-refractivity contribution in [3.8, 4) is 5.75 Å². The van der Waals surface area contributed by atoms with Crippen molar-refractivity contribution in [1.29, 1.82) is 0 Å². The van der Waals surface area contributed by atoms with Crippen LogP contribution in [0.1, 0.15) is 10.4 Å². The molecule has 5 nitrogen and oxygen atoms in total. The van der Waals surface area contributed by atoms with Gasteiger partial charge < -0.3 is 9.67 Å². The van der Waals surface area contributed by atoms with Gasteiger partial charge in [0.15, 0.2) is 10.9 Å². The molecule has 6 heteroatoms. The Kier molecular flexibility index (Phi) is 3.43. The molecular formula is C11H11N3O2S. The van der Waals surface area contributed by atoms with Gasteiger partial charge in [-0.2, -0.15) is 0 Å². The molecule has 0 saturated heterocycles. The number of rotatable bonds is 4. The van der Waals surface area contributed by atoms with Crippen LogP contribution in [0.3, 0.4) is 0 Å². The van der Waals surface area contributed by atoms with Crippen molar-refractivity contribution >= 4 is 17.5 Å². The lowest BCUT2D eigenvalue weighted by molar-refractivity contribution is 0.102. The number of phenolic OH excluding ortho intramolecular Hbond substituents is 1. The smallest absolute Gasteiger partial charge is 0.191 e. The molecule has 1 aromatic heterocycles. The van der Waals surface area contributed by atoms with Gasteiger partial charge in [0.05, 0.1) is 5.75 Å². The molecule has 1 aromatic carbocycles. The van der Waals surface area contributed by atoms with E-state index < -0.39 is 0 Å². The Balaban J connectivity index is 1.98. The number of ketones is 1. The zero-order valence-electron chi connectivity index (χ0n) is 9.20. The van der Waals surface area contributed by atoms with E-state index in [2.05, 4.69) is 10.2 Å². The molecule has 0 amide bonds. The third-order valence-corrected chi connectivity index (χ3v) is 3.23. The molecule has 0 saturated carbocycles. The lowest BCUT2D eigenvalue weighted by Gasteiger charge is -2.01. The SMILES string of the molecule is Cn1cnnc1SCC(=O)c1ccc(O)cc1. The van der Waals surface area contributed by atoms with Crippen molar-refractivity contribution in [1.82, 2.24) is 14.8 Å². The van der Waals surface area contributed by atoms with Crippen LogP contribution in [0.25, 0.3) is 0 Å². The molecule has 1 N–H and O–H groups in total. The molecule has 0 radical (unpaired) electrons. The predicted molar refractivity (Wildman–Crippen MR) is 64.2 cm³/mol. The van der Waals surface area contributed by atoms with E-state index >= 15 is 0 Å². The third kappa shape index (κ3) is 2.85. The minimum atomic E-state index is -0.00185. The van der Waals surface area contributed by atoms with Gasteiger partial charge in [-0.05, 0) is 24.3 Å². The fraction of sp³-hybridized carbons (Fsp3) is 0.182. The number of phenols is 1. The summed E-state index contributed by atoms with van der Waals surface area (Å²) in [6.45, 7) is 0. The molecule has 2 rings (SSSR count). The molecule has 0 bridgehead atoms. The maximum absolute atomic E-state index is 11.8. The average Bonchev–Trinajstić information content (AvgIpc) is 2.73.